The Morgan fingerprint density at radius 2 is 1.47 bits per heavy atom. The highest BCUT2D eigenvalue weighted by Crippen LogP contribution is 2.54. The van der Waals surface area contributed by atoms with Crippen LogP contribution in [-0.4, -0.2) is 44.1 Å². The summed E-state index contributed by atoms with van der Waals surface area (Å²) in [5.41, 5.74) is -1.40. The van der Waals surface area contributed by atoms with Crippen LogP contribution in [0, 0.1) is 11.3 Å². The first-order valence-corrected chi connectivity index (χ1v) is 15.2. The van der Waals surface area contributed by atoms with Crippen LogP contribution >= 0.6 is 0 Å². The fraction of sp³-hybridized carbons (Fsp3) is 0.548. The van der Waals surface area contributed by atoms with Crippen LogP contribution in [0.2, 0.25) is 5.04 Å². The predicted molar refractivity (Wildman–Crippen MR) is 149 cm³/mol. The first kappa shape index (κ1) is 27.3. The standard InChI is InChI=1S/C31H44O4Si/c1-24-22-30(33-20-21-34-30)23-29(6,7)31(24,32)19-18-25(2)35-36(28(3,4)5,26-14-10-8-11-15-26)27-16-12-9-13-17-27/h8-19,24-25,32H,20-23H2,1-7H3. The van der Waals surface area contributed by atoms with Crippen molar-refractivity contribution in [1.82, 2.24) is 0 Å². The van der Waals surface area contributed by atoms with Gasteiger partial charge in [0.15, 0.2) is 5.79 Å². The van der Waals surface area contributed by atoms with Crippen molar-refractivity contribution in [2.24, 2.45) is 11.3 Å². The molecule has 5 heteroatoms. The van der Waals surface area contributed by atoms with Crippen LogP contribution in [0.5, 0.6) is 0 Å². The van der Waals surface area contributed by atoms with Crippen molar-refractivity contribution in [1.29, 1.82) is 0 Å². The molecule has 2 aliphatic rings. The Morgan fingerprint density at radius 1 is 0.972 bits per heavy atom. The van der Waals surface area contributed by atoms with Crippen LogP contribution < -0.4 is 10.4 Å². The molecule has 1 heterocycles. The minimum atomic E-state index is -2.68. The Bertz CT molecular complexity index is 998. The smallest absolute Gasteiger partial charge is 0.261 e. The Morgan fingerprint density at radius 3 is 1.92 bits per heavy atom. The highest BCUT2D eigenvalue weighted by Gasteiger charge is 2.58. The van der Waals surface area contributed by atoms with Crippen LogP contribution in [0.15, 0.2) is 72.8 Å². The highest BCUT2D eigenvalue weighted by atomic mass is 28.4. The molecule has 36 heavy (non-hydrogen) atoms. The third kappa shape index (κ3) is 4.77. The molecule has 1 saturated carbocycles. The molecule has 4 nitrogen and oxygen atoms in total. The topological polar surface area (TPSA) is 47.9 Å². The van der Waals surface area contributed by atoms with Gasteiger partial charge >= 0.3 is 0 Å². The second-order valence-electron chi connectivity index (χ2n) is 12.4. The third-order valence-corrected chi connectivity index (χ3v) is 13.5. The molecular formula is C31H44O4Si. The van der Waals surface area contributed by atoms with E-state index in [1.165, 1.54) is 10.4 Å². The molecule has 1 N–H and O–H groups in total. The van der Waals surface area contributed by atoms with Crippen LogP contribution in [0.4, 0.5) is 0 Å². The molecule has 1 spiro atoms. The molecule has 0 radical (unpaired) electrons. The van der Waals surface area contributed by atoms with Gasteiger partial charge < -0.3 is 19.0 Å². The van der Waals surface area contributed by atoms with Crippen LogP contribution in [0.25, 0.3) is 0 Å². The molecule has 2 aromatic rings. The zero-order valence-corrected chi connectivity index (χ0v) is 24.1. The molecule has 4 rings (SSSR count). The molecule has 3 unspecified atom stereocenters. The molecule has 3 atom stereocenters. The molecule has 2 aromatic carbocycles. The molecule has 2 fully saturated rings. The lowest BCUT2D eigenvalue weighted by atomic mass is 9.58. The molecule has 196 valence electrons. The maximum atomic E-state index is 12.0. The molecule has 0 aromatic heterocycles. The average molecular weight is 509 g/mol. The summed E-state index contributed by atoms with van der Waals surface area (Å²) < 4.78 is 19.3. The van der Waals surface area contributed by atoms with Gasteiger partial charge in [0.1, 0.15) is 0 Å². The monoisotopic (exact) mass is 508 g/mol. The molecule has 0 amide bonds. The summed E-state index contributed by atoms with van der Waals surface area (Å²) in [5.74, 6) is -0.587. The summed E-state index contributed by atoms with van der Waals surface area (Å²) >= 11 is 0. The first-order valence-electron chi connectivity index (χ1n) is 13.3. The van der Waals surface area contributed by atoms with Crippen molar-refractivity contribution in [2.45, 2.75) is 83.8 Å². The van der Waals surface area contributed by atoms with E-state index in [9.17, 15) is 5.11 Å². The number of aliphatic hydroxyl groups is 1. The van der Waals surface area contributed by atoms with Gasteiger partial charge in [-0.15, -0.1) is 0 Å². The maximum Gasteiger partial charge on any atom is 0.261 e. The van der Waals surface area contributed by atoms with Crippen molar-refractivity contribution in [3.05, 3.63) is 72.8 Å². The molecule has 0 bridgehead atoms. The second-order valence-corrected chi connectivity index (χ2v) is 16.7. The van der Waals surface area contributed by atoms with E-state index in [1.54, 1.807) is 0 Å². The largest absolute Gasteiger partial charge is 0.401 e. The van der Waals surface area contributed by atoms with Crippen molar-refractivity contribution in [3.63, 3.8) is 0 Å². The van der Waals surface area contributed by atoms with Gasteiger partial charge in [-0.25, -0.2) is 0 Å². The molecule has 1 saturated heterocycles. The zero-order valence-electron chi connectivity index (χ0n) is 23.1. The van der Waals surface area contributed by atoms with Crippen molar-refractivity contribution < 1.29 is 19.0 Å². The third-order valence-electron chi connectivity index (χ3n) is 8.38. The normalized spacial score (nSPS) is 26.9. The van der Waals surface area contributed by atoms with Gasteiger partial charge in [0.05, 0.1) is 24.9 Å². The summed E-state index contributed by atoms with van der Waals surface area (Å²) in [6.07, 6.45) is 5.24. The molecule has 1 aliphatic carbocycles. The lowest BCUT2D eigenvalue weighted by Crippen LogP contribution is -2.67. The quantitative estimate of drug-likeness (QED) is 0.417. The number of hydrogen-bond donors (Lipinski definition) is 1. The molecule has 1 aliphatic heterocycles. The number of hydrogen-bond acceptors (Lipinski definition) is 4. The Balaban J connectivity index is 1.67. The first-order chi connectivity index (χ1) is 16.9. The maximum absolute atomic E-state index is 12.0. The van der Waals surface area contributed by atoms with Crippen LogP contribution in [-0.2, 0) is 13.9 Å². The lowest BCUT2D eigenvalue weighted by molar-refractivity contribution is -0.250. The Kier molecular flexibility index (Phi) is 7.46. The highest BCUT2D eigenvalue weighted by molar-refractivity contribution is 6.99. The van der Waals surface area contributed by atoms with Gasteiger partial charge in [-0.05, 0) is 28.3 Å². The summed E-state index contributed by atoms with van der Waals surface area (Å²) in [4.78, 5) is 0. The van der Waals surface area contributed by atoms with Crippen molar-refractivity contribution in [2.75, 3.05) is 13.2 Å². The van der Waals surface area contributed by atoms with E-state index in [4.69, 9.17) is 13.9 Å². The number of rotatable bonds is 6. The minimum Gasteiger partial charge on any atom is -0.401 e. The van der Waals surface area contributed by atoms with Crippen LogP contribution in [0.3, 0.4) is 0 Å². The van der Waals surface area contributed by atoms with E-state index >= 15 is 0 Å². The van der Waals surface area contributed by atoms with E-state index < -0.39 is 25.1 Å². The van der Waals surface area contributed by atoms with Gasteiger partial charge in [0.2, 0.25) is 0 Å². The van der Waals surface area contributed by atoms with E-state index in [0.29, 0.717) is 26.1 Å². The zero-order chi connectivity index (χ0) is 26.2. The fourth-order valence-corrected chi connectivity index (χ4v) is 11.2. The van der Waals surface area contributed by atoms with Crippen LogP contribution in [0.1, 0.15) is 61.3 Å². The van der Waals surface area contributed by atoms with Gasteiger partial charge in [-0.3, -0.25) is 0 Å². The van der Waals surface area contributed by atoms with E-state index in [2.05, 4.69) is 115 Å². The number of ether oxygens (including phenoxy) is 2. The number of benzene rings is 2. The lowest BCUT2D eigenvalue weighted by Gasteiger charge is -2.54. The second kappa shape index (κ2) is 9.84. The van der Waals surface area contributed by atoms with E-state index in [-0.39, 0.29) is 17.1 Å². The van der Waals surface area contributed by atoms with E-state index in [0.717, 1.165) is 0 Å². The SMILES string of the molecule is CC(C=CC1(O)C(C)CC2(CC1(C)C)OCCO2)O[Si](c1ccccc1)(c1ccccc1)C(C)(C)C. The van der Waals surface area contributed by atoms with Gasteiger partial charge in [0, 0.05) is 18.3 Å². The summed E-state index contributed by atoms with van der Waals surface area (Å²) in [5, 5.41) is 14.4. The predicted octanol–water partition coefficient (Wildman–Crippen LogP) is 5.44. The Labute approximate surface area is 218 Å². The molecular weight excluding hydrogens is 464 g/mol. The van der Waals surface area contributed by atoms with Crippen molar-refractivity contribution in [3.8, 4) is 0 Å². The van der Waals surface area contributed by atoms with Crippen molar-refractivity contribution >= 4 is 18.7 Å². The fourth-order valence-electron chi connectivity index (χ4n) is 6.57. The van der Waals surface area contributed by atoms with Gasteiger partial charge in [-0.2, -0.15) is 0 Å². The van der Waals surface area contributed by atoms with Gasteiger partial charge in [0.25, 0.3) is 8.32 Å². The summed E-state index contributed by atoms with van der Waals surface area (Å²) in [7, 11) is -2.68. The Hall–Kier alpha value is -1.76. The van der Waals surface area contributed by atoms with E-state index in [1.807, 2.05) is 6.08 Å². The summed E-state index contributed by atoms with van der Waals surface area (Å²) in [6, 6.07) is 21.4. The van der Waals surface area contributed by atoms with Gasteiger partial charge in [-0.1, -0.05) is 114 Å². The average Bonchev–Trinajstić information content (AvgIpc) is 3.27. The summed E-state index contributed by atoms with van der Waals surface area (Å²) in [6.45, 7) is 16.6. The minimum absolute atomic E-state index is 0.0179.